The summed E-state index contributed by atoms with van der Waals surface area (Å²) < 4.78 is 2.07. The zero-order valence-corrected chi connectivity index (χ0v) is 9.21. The molecule has 0 saturated carbocycles. The maximum atomic E-state index is 4.08. The van der Waals surface area contributed by atoms with Gasteiger partial charge in [-0.15, -0.1) is 0 Å². The Morgan fingerprint density at radius 1 is 1.19 bits per heavy atom. The second-order valence-electron chi connectivity index (χ2n) is 3.66. The largest absolute Gasteiger partial charge is 0.336 e. The van der Waals surface area contributed by atoms with Crippen LogP contribution in [-0.4, -0.2) is 27.6 Å². The highest BCUT2D eigenvalue weighted by atomic mass is 15.0. The minimum Gasteiger partial charge on any atom is -0.336 e. The summed E-state index contributed by atoms with van der Waals surface area (Å²) in [7, 11) is 0. The van der Waals surface area contributed by atoms with Crippen molar-refractivity contribution in [2.75, 3.05) is 13.1 Å². The lowest BCUT2D eigenvalue weighted by Gasteiger charge is -2.05. The highest BCUT2D eigenvalue weighted by Gasteiger charge is 1.92. The fourth-order valence-electron chi connectivity index (χ4n) is 1.53. The highest BCUT2D eigenvalue weighted by Crippen LogP contribution is 1.95. The molecule has 0 unspecified atom stereocenters. The summed E-state index contributed by atoms with van der Waals surface area (Å²) in [5.74, 6) is 0. The van der Waals surface area contributed by atoms with Gasteiger partial charge in [-0.2, -0.15) is 0 Å². The Kier molecular flexibility index (Phi) is 4.08. The van der Waals surface area contributed by atoms with E-state index in [1.165, 1.54) is 5.56 Å². The van der Waals surface area contributed by atoms with Gasteiger partial charge < -0.3 is 9.88 Å². The SMILES string of the molecule is c1cncc(CCNCCn2ccnc2)c1. The molecule has 0 atom stereocenters. The molecule has 84 valence electrons. The summed E-state index contributed by atoms with van der Waals surface area (Å²) in [6.45, 7) is 2.92. The van der Waals surface area contributed by atoms with Crippen molar-refractivity contribution in [3.8, 4) is 0 Å². The molecule has 1 N–H and O–H groups in total. The van der Waals surface area contributed by atoms with Crippen molar-refractivity contribution < 1.29 is 0 Å². The van der Waals surface area contributed by atoms with Gasteiger partial charge in [0.1, 0.15) is 0 Å². The summed E-state index contributed by atoms with van der Waals surface area (Å²) in [4.78, 5) is 8.08. The third-order valence-corrected chi connectivity index (χ3v) is 2.42. The van der Waals surface area contributed by atoms with E-state index in [0.717, 1.165) is 26.1 Å². The van der Waals surface area contributed by atoms with Gasteiger partial charge in [0.05, 0.1) is 6.33 Å². The van der Waals surface area contributed by atoms with Crippen LogP contribution in [0.25, 0.3) is 0 Å². The van der Waals surface area contributed by atoms with Crippen LogP contribution in [0.2, 0.25) is 0 Å². The van der Waals surface area contributed by atoms with Crippen LogP contribution in [0.5, 0.6) is 0 Å². The molecular weight excluding hydrogens is 200 g/mol. The van der Waals surface area contributed by atoms with E-state index in [1.54, 1.807) is 12.4 Å². The number of hydrogen-bond donors (Lipinski definition) is 1. The smallest absolute Gasteiger partial charge is 0.0946 e. The molecule has 0 bridgehead atoms. The Morgan fingerprint density at radius 3 is 2.94 bits per heavy atom. The maximum Gasteiger partial charge on any atom is 0.0946 e. The lowest BCUT2D eigenvalue weighted by Crippen LogP contribution is -2.21. The Hall–Kier alpha value is -1.68. The second-order valence-corrected chi connectivity index (χ2v) is 3.66. The molecule has 4 nitrogen and oxygen atoms in total. The fourth-order valence-corrected chi connectivity index (χ4v) is 1.53. The molecule has 4 heteroatoms. The molecule has 0 aromatic carbocycles. The average Bonchev–Trinajstić information content (AvgIpc) is 2.83. The van der Waals surface area contributed by atoms with Crippen LogP contribution in [0.3, 0.4) is 0 Å². The molecule has 2 aromatic rings. The van der Waals surface area contributed by atoms with E-state index in [1.807, 2.05) is 24.8 Å². The minimum absolute atomic E-state index is 0.965. The van der Waals surface area contributed by atoms with Crippen molar-refractivity contribution in [1.29, 1.82) is 0 Å². The topological polar surface area (TPSA) is 42.7 Å². The molecule has 2 heterocycles. The first-order valence-electron chi connectivity index (χ1n) is 5.50. The van der Waals surface area contributed by atoms with Gasteiger partial charge in [0.25, 0.3) is 0 Å². The first-order valence-corrected chi connectivity index (χ1v) is 5.50. The standard InChI is InChI=1S/C12H16N4/c1-2-12(10-14-4-1)3-5-13-6-8-16-9-7-15-11-16/h1-2,4,7,9-11,13H,3,5-6,8H2. The van der Waals surface area contributed by atoms with Crippen molar-refractivity contribution >= 4 is 0 Å². The van der Waals surface area contributed by atoms with Gasteiger partial charge in [-0.1, -0.05) is 6.07 Å². The van der Waals surface area contributed by atoms with Crippen LogP contribution in [-0.2, 0) is 13.0 Å². The molecule has 0 aliphatic carbocycles. The third kappa shape index (κ3) is 3.47. The Balaban J connectivity index is 1.59. The van der Waals surface area contributed by atoms with Gasteiger partial charge in [-0.25, -0.2) is 4.98 Å². The number of nitrogens with one attached hydrogen (secondary N) is 1. The van der Waals surface area contributed by atoms with Gasteiger partial charge in [0, 0.05) is 37.9 Å². The van der Waals surface area contributed by atoms with Gasteiger partial charge in [-0.3, -0.25) is 4.98 Å². The normalized spacial score (nSPS) is 10.5. The van der Waals surface area contributed by atoms with Crippen LogP contribution in [0, 0.1) is 0 Å². The monoisotopic (exact) mass is 216 g/mol. The molecule has 16 heavy (non-hydrogen) atoms. The van der Waals surface area contributed by atoms with Gasteiger partial charge in [-0.05, 0) is 24.6 Å². The molecule has 0 radical (unpaired) electrons. The lowest BCUT2D eigenvalue weighted by molar-refractivity contribution is 0.598. The first-order chi connectivity index (χ1) is 7.95. The third-order valence-electron chi connectivity index (χ3n) is 2.42. The second kappa shape index (κ2) is 6.02. The van der Waals surface area contributed by atoms with Crippen molar-refractivity contribution in [2.45, 2.75) is 13.0 Å². The van der Waals surface area contributed by atoms with E-state index in [0.29, 0.717) is 0 Å². The lowest BCUT2D eigenvalue weighted by atomic mass is 10.2. The zero-order valence-electron chi connectivity index (χ0n) is 9.21. The van der Waals surface area contributed by atoms with Crippen LogP contribution in [0.1, 0.15) is 5.56 Å². The van der Waals surface area contributed by atoms with E-state index in [-0.39, 0.29) is 0 Å². The molecule has 2 rings (SSSR count). The number of imidazole rings is 1. The molecule has 2 aromatic heterocycles. The average molecular weight is 216 g/mol. The number of hydrogen-bond acceptors (Lipinski definition) is 3. The van der Waals surface area contributed by atoms with Crippen LogP contribution in [0.4, 0.5) is 0 Å². The summed E-state index contributed by atoms with van der Waals surface area (Å²) in [5.41, 5.74) is 1.28. The van der Waals surface area contributed by atoms with E-state index >= 15 is 0 Å². The number of aromatic nitrogens is 3. The summed E-state index contributed by atoms with van der Waals surface area (Å²) in [6.07, 6.45) is 10.4. The van der Waals surface area contributed by atoms with E-state index in [2.05, 4.69) is 25.9 Å². The van der Waals surface area contributed by atoms with Crippen molar-refractivity contribution in [1.82, 2.24) is 19.9 Å². The van der Waals surface area contributed by atoms with Crippen LogP contribution >= 0.6 is 0 Å². The predicted molar refractivity (Wildman–Crippen MR) is 63.0 cm³/mol. The van der Waals surface area contributed by atoms with E-state index in [9.17, 15) is 0 Å². The molecule has 0 fully saturated rings. The van der Waals surface area contributed by atoms with Crippen LogP contribution in [0.15, 0.2) is 43.2 Å². The number of nitrogens with zero attached hydrogens (tertiary/aromatic N) is 3. The maximum absolute atomic E-state index is 4.08. The zero-order chi connectivity index (χ0) is 11.1. The number of rotatable bonds is 6. The number of pyridine rings is 1. The summed E-state index contributed by atoms with van der Waals surface area (Å²) in [5, 5.41) is 3.40. The highest BCUT2D eigenvalue weighted by molar-refractivity contribution is 5.08. The van der Waals surface area contributed by atoms with Crippen molar-refractivity contribution in [2.24, 2.45) is 0 Å². The van der Waals surface area contributed by atoms with Gasteiger partial charge >= 0.3 is 0 Å². The molecular formula is C12H16N4. The predicted octanol–water partition coefficient (Wildman–Crippen LogP) is 1.11. The Morgan fingerprint density at radius 2 is 2.19 bits per heavy atom. The summed E-state index contributed by atoms with van der Waals surface area (Å²) in [6, 6.07) is 4.07. The van der Waals surface area contributed by atoms with E-state index in [4.69, 9.17) is 0 Å². The van der Waals surface area contributed by atoms with Gasteiger partial charge in [0.2, 0.25) is 0 Å². The van der Waals surface area contributed by atoms with Gasteiger partial charge in [0.15, 0.2) is 0 Å². The van der Waals surface area contributed by atoms with Crippen molar-refractivity contribution in [3.05, 3.63) is 48.8 Å². The Bertz CT molecular complexity index is 383. The molecule has 0 saturated heterocycles. The van der Waals surface area contributed by atoms with Crippen molar-refractivity contribution in [3.63, 3.8) is 0 Å². The molecule has 0 amide bonds. The minimum atomic E-state index is 0.965. The quantitative estimate of drug-likeness (QED) is 0.736. The molecule has 0 aliphatic rings. The molecule has 0 spiro atoms. The Labute approximate surface area is 95.4 Å². The fraction of sp³-hybridized carbons (Fsp3) is 0.333. The van der Waals surface area contributed by atoms with E-state index < -0.39 is 0 Å². The summed E-state index contributed by atoms with van der Waals surface area (Å²) >= 11 is 0. The molecule has 0 aliphatic heterocycles. The first kappa shape index (κ1) is 10.8. The van der Waals surface area contributed by atoms with Crippen LogP contribution < -0.4 is 5.32 Å².